The lowest BCUT2D eigenvalue weighted by molar-refractivity contribution is -0.384. The number of hydrogen-bond acceptors (Lipinski definition) is 6. The number of benzene rings is 2. The molecule has 0 bridgehead atoms. The minimum Gasteiger partial charge on any atom is -0.468 e. The number of amides is 1. The largest absolute Gasteiger partial charge is 0.468 e. The van der Waals surface area contributed by atoms with Crippen LogP contribution in [0.2, 0.25) is 0 Å². The zero-order valence-corrected chi connectivity index (χ0v) is 15.8. The third-order valence-corrected chi connectivity index (χ3v) is 5.12. The minimum atomic E-state index is -0.503. The van der Waals surface area contributed by atoms with Gasteiger partial charge in [0.25, 0.3) is 5.69 Å². The van der Waals surface area contributed by atoms with Crippen LogP contribution >= 0.6 is 11.3 Å². The van der Waals surface area contributed by atoms with Crippen LogP contribution in [0.25, 0.3) is 10.2 Å². The highest BCUT2D eigenvalue weighted by molar-refractivity contribution is 7.16. The van der Waals surface area contributed by atoms with Crippen molar-refractivity contribution in [2.75, 3.05) is 7.11 Å². The van der Waals surface area contributed by atoms with Crippen molar-refractivity contribution < 1.29 is 19.2 Å². The van der Waals surface area contributed by atoms with Gasteiger partial charge in [-0.1, -0.05) is 41.7 Å². The van der Waals surface area contributed by atoms with Gasteiger partial charge in [0.05, 0.1) is 22.2 Å². The Labute approximate surface area is 163 Å². The van der Waals surface area contributed by atoms with Gasteiger partial charge in [-0.25, -0.2) is 0 Å². The first-order valence-corrected chi connectivity index (χ1v) is 9.25. The number of methoxy groups -OCH3 is 1. The number of fused-ring (bicyclic) bond motifs is 1. The number of aryl methyl sites for hydroxylation is 1. The van der Waals surface area contributed by atoms with Gasteiger partial charge in [-0.15, -0.1) is 0 Å². The summed E-state index contributed by atoms with van der Waals surface area (Å²) in [5.41, 5.74) is 1.54. The van der Waals surface area contributed by atoms with Gasteiger partial charge in [0, 0.05) is 18.6 Å². The Bertz CT molecular complexity index is 1100. The van der Waals surface area contributed by atoms with Crippen molar-refractivity contribution in [2.45, 2.75) is 19.4 Å². The Morgan fingerprint density at radius 2 is 1.96 bits per heavy atom. The predicted molar refractivity (Wildman–Crippen MR) is 104 cm³/mol. The van der Waals surface area contributed by atoms with Gasteiger partial charge in [-0.05, 0) is 18.1 Å². The standard InChI is InChI=1S/C19H17N3O5S/c1-27-18(24)12-21-15-9-8-14(22(25)26)11-16(15)28-19(21)20-17(23)10-7-13-5-3-2-4-6-13/h2-6,8-9,11H,7,10,12H2,1H3. The average Bonchev–Trinajstić information content (AvgIpc) is 3.03. The van der Waals surface area contributed by atoms with E-state index in [-0.39, 0.29) is 24.6 Å². The summed E-state index contributed by atoms with van der Waals surface area (Å²) in [6.07, 6.45) is 0.771. The van der Waals surface area contributed by atoms with Crippen LogP contribution in [0, 0.1) is 10.1 Å². The monoisotopic (exact) mass is 399 g/mol. The normalized spacial score (nSPS) is 11.5. The van der Waals surface area contributed by atoms with Gasteiger partial charge in [-0.3, -0.25) is 19.7 Å². The molecule has 9 heteroatoms. The molecule has 1 amide bonds. The first-order chi connectivity index (χ1) is 13.5. The quantitative estimate of drug-likeness (QED) is 0.360. The summed E-state index contributed by atoms with van der Waals surface area (Å²) < 4.78 is 6.81. The molecule has 1 heterocycles. The van der Waals surface area contributed by atoms with E-state index in [9.17, 15) is 19.7 Å². The average molecular weight is 399 g/mol. The highest BCUT2D eigenvalue weighted by Crippen LogP contribution is 2.23. The smallest absolute Gasteiger partial charge is 0.325 e. The van der Waals surface area contributed by atoms with Crippen molar-refractivity contribution in [1.82, 2.24) is 4.57 Å². The second-order valence-electron chi connectivity index (χ2n) is 5.95. The van der Waals surface area contributed by atoms with Gasteiger partial charge >= 0.3 is 5.97 Å². The van der Waals surface area contributed by atoms with E-state index in [0.717, 1.165) is 16.9 Å². The Hall–Kier alpha value is -3.33. The SMILES string of the molecule is COC(=O)Cn1c(=NC(=O)CCc2ccccc2)sc2cc([N+](=O)[O-])ccc21. The molecule has 1 aromatic heterocycles. The van der Waals surface area contributed by atoms with Gasteiger partial charge in [-0.2, -0.15) is 4.99 Å². The zero-order chi connectivity index (χ0) is 20.1. The second kappa shape index (κ2) is 8.57. The number of carbonyl (C=O) groups is 2. The molecule has 8 nitrogen and oxygen atoms in total. The van der Waals surface area contributed by atoms with Crippen LogP contribution in [0.3, 0.4) is 0 Å². The lowest BCUT2D eigenvalue weighted by atomic mass is 10.1. The molecule has 28 heavy (non-hydrogen) atoms. The number of non-ortho nitro benzene ring substituents is 1. The summed E-state index contributed by atoms with van der Waals surface area (Å²) in [5, 5.41) is 11.0. The number of nitro benzene ring substituents is 1. The molecule has 0 spiro atoms. The van der Waals surface area contributed by atoms with Crippen LogP contribution < -0.4 is 4.80 Å². The first kappa shape index (κ1) is 19.4. The van der Waals surface area contributed by atoms with Crippen LogP contribution in [0.1, 0.15) is 12.0 Å². The number of aromatic nitrogens is 1. The molecule has 0 saturated heterocycles. The molecule has 0 aliphatic rings. The maximum absolute atomic E-state index is 12.3. The van der Waals surface area contributed by atoms with Crippen LogP contribution in [-0.4, -0.2) is 28.5 Å². The topological polar surface area (TPSA) is 104 Å². The molecular formula is C19H17N3O5S. The van der Waals surface area contributed by atoms with E-state index < -0.39 is 10.9 Å². The highest BCUT2D eigenvalue weighted by Gasteiger charge is 2.15. The number of nitrogens with zero attached hydrogens (tertiary/aromatic N) is 3. The van der Waals surface area contributed by atoms with E-state index in [2.05, 4.69) is 4.99 Å². The van der Waals surface area contributed by atoms with Gasteiger partial charge in [0.15, 0.2) is 4.80 Å². The summed E-state index contributed by atoms with van der Waals surface area (Å²) in [5.74, 6) is -0.834. The third kappa shape index (κ3) is 4.49. The summed E-state index contributed by atoms with van der Waals surface area (Å²) in [4.78, 5) is 39.1. The molecule has 0 unspecified atom stereocenters. The van der Waals surface area contributed by atoms with Crippen molar-refractivity contribution in [3.63, 3.8) is 0 Å². The molecular weight excluding hydrogens is 382 g/mol. The molecule has 144 valence electrons. The second-order valence-corrected chi connectivity index (χ2v) is 6.96. The Morgan fingerprint density at radius 3 is 2.64 bits per heavy atom. The fourth-order valence-electron chi connectivity index (χ4n) is 2.67. The highest BCUT2D eigenvalue weighted by atomic mass is 32.1. The molecule has 0 radical (unpaired) electrons. The maximum Gasteiger partial charge on any atom is 0.325 e. The number of thiazole rings is 1. The van der Waals surface area contributed by atoms with Crippen LogP contribution in [0.4, 0.5) is 5.69 Å². The van der Waals surface area contributed by atoms with Crippen molar-refractivity contribution >= 4 is 39.1 Å². The number of hydrogen-bond donors (Lipinski definition) is 0. The summed E-state index contributed by atoms with van der Waals surface area (Å²) in [7, 11) is 1.27. The van der Waals surface area contributed by atoms with Crippen LogP contribution in [0.15, 0.2) is 53.5 Å². The Kier molecular flexibility index (Phi) is 5.95. The molecule has 0 aliphatic carbocycles. The maximum atomic E-state index is 12.3. The Morgan fingerprint density at radius 1 is 1.21 bits per heavy atom. The molecule has 3 rings (SSSR count). The van der Waals surface area contributed by atoms with E-state index >= 15 is 0 Å². The van der Waals surface area contributed by atoms with E-state index in [1.165, 1.54) is 23.8 Å². The number of rotatable bonds is 6. The van der Waals surface area contributed by atoms with Crippen molar-refractivity contribution in [2.24, 2.45) is 4.99 Å². The first-order valence-electron chi connectivity index (χ1n) is 8.44. The molecule has 2 aromatic carbocycles. The number of esters is 1. The van der Waals surface area contributed by atoms with E-state index in [1.54, 1.807) is 6.07 Å². The fourth-order valence-corrected chi connectivity index (χ4v) is 3.75. The predicted octanol–water partition coefficient (Wildman–Crippen LogP) is 2.84. The Balaban J connectivity index is 1.95. The molecule has 0 atom stereocenters. The third-order valence-electron chi connectivity index (χ3n) is 4.08. The van der Waals surface area contributed by atoms with Crippen molar-refractivity contribution in [3.8, 4) is 0 Å². The van der Waals surface area contributed by atoms with Crippen LogP contribution in [-0.2, 0) is 27.3 Å². The van der Waals surface area contributed by atoms with E-state index in [4.69, 9.17) is 4.74 Å². The van der Waals surface area contributed by atoms with Gasteiger partial charge in [0.1, 0.15) is 6.54 Å². The summed E-state index contributed by atoms with van der Waals surface area (Å²) >= 11 is 1.12. The van der Waals surface area contributed by atoms with E-state index in [0.29, 0.717) is 21.4 Å². The van der Waals surface area contributed by atoms with Crippen LogP contribution in [0.5, 0.6) is 0 Å². The lowest BCUT2D eigenvalue weighted by Crippen LogP contribution is -2.22. The zero-order valence-electron chi connectivity index (χ0n) is 15.0. The number of carbonyl (C=O) groups excluding carboxylic acids is 2. The molecule has 0 aliphatic heterocycles. The molecule has 0 fully saturated rings. The number of ether oxygens (including phenoxy) is 1. The van der Waals surface area contributed by atoms with Gasteiger partial charge < -0.3 is 9.30 Å². The lowest BCUT2D eigenvalue weighted by Gasteiger charge is -2.03. The summed E-state index contributed by atoms with van der Waals surface area (Å²) in [6.45, 7) is -0.140. The minimum absolute atomic E-state index is 0.0686. The molecule has 3 aromatic rings. The summed E-state index contributed by atoms with van der Waals surface area (Å²) in [6, 6.07) is 13.9. The molecule has 0 N–H and O–H groups in total. The van der Waals surface area contributed by atoms with Crippen molar-refractivity contribution in [3.05, 3.63) is 69.0 Å². The fraction of sp³-hybridized carbons (Fsp3) is 0.211. The molecule has 0 saturated carbocycles. The van der Waals surface area contributed by atoms with Gasteiger partial charge in [0.2, 0.25) is 5.91 Å². The van der Waals surface area contributed by atoms with E-state index in [1.807, 2.05) is 30.3 Å². The van der Waals surface area contributed by atoms with Crippen molar-refractivity contribution in [1.29, 1.82) is 0 Å². The number of nitro groups is 1.